The molecule has 2 N–H and O–H groups in total. The third-order valence-corrected chi connectivity index (χ3v) is 3.16. The topological polar surface area (TPSA) is 41.5 Å². The summed E-state index contributed by atoms with van der Waals surface area (Å²) >= 11 is 0. The maximum atomic E-state index is 8.78. The molecule has 0 aliphatic heterocycles. The van der Waals surface area contributed by atoms with Crippen LogP contribution in [0.25, 0.3) is 10.8 Å². The number of unbranched alkanes of at least 4 members (excludes halogenated alkanes) is 1. The monoisotopic (exact) mass is 259 g/mol. The van der Waals surface area contributed by atoms with E-state index in [9.17, 15) is 0 Å². The van der Waals surface area contributed by atoms with Gasteiger partial charge in [0.2, 0.25) is 0 Å². The number of fused-ring (bicyclic) bond motifs is 1. The predicted molar refractivity (Wildman–Crippen MR) is 78.5 cm³/mol. The van der Waals surface area contributed by atoms with Crippen molar-refractivity contribution < 1.29 is 9.84 Å². The second kappa shape index (κ2) is 7.12. The normalized spacial score (nSPS) is 10.8. The lowest BCUT2D eigenvalue weighted by Crippen LogP contribution is -2.09. The molecule has 0 aromatic heterocycles. The second-order valence-electron chi connectivity index (χ2n) is 4.57. The van der Waals surface area contributed by atoms with Crippen molar-refractivity contribution in [1.29, 1.82) is 0 Å². The molecule has 2 aromatic rings. The molecule has 0 atom stereocenters. The summed E-state index contributed by atoms with van der Waals surface area (Å²) in [5, 5.41) is 14.4. The van der Waals surface area contributed by atoms with Gasteiger partial charge in [0.15, 0.2) is 0 Å². The van der Waals surface area contributed by atoms with Gasteiger partial charge in [0, 0.05) is 18.7 Å². The summed E-state index contributed by atoms with van der Waals surface area (Å²) in [5.41, 5.74) is 1.20. The molecule has 0 saturated carbocycles. The van der Waals surface area contributed by atoms with Crippen molar-refractivity contribution in [2.45, 2.75) is 19.4 Å². The Kier molecular flexibility index (Phi) is 5.19. The van der Waals surface area contributed by atoms with Crippen LogP contribution in [0.1, 0.15) is 18.4 Å². The van der Waals surface area contributed by atoms with Crippen LogP contribution in [0.2, 0.25) is 0 Å². The molecule has 0 amide bonds. The molecule has 0 aliphatic carbocycles. The highest BCUT2D eigenvalue weighted by atomic mass is 16.5. The Labute approximate surface area is 114 Å². The largest absolute Gasteiger partial charge is 0.493 e. The van der Waals surface area contributed by atoms with Crippen molar-refractivity contribution in [1.82, 2.24) is 5.32 Å². The maximum Gasteiger partial charge on any atom is 0.124 e. The zero-order valence-electron chi connectivity index (χ0n) is 11.4. The van der Waals surface area contributed by atoms with Crippen molar-refractivity contribution in [3.63, 3.8) is 0 Å². The Morgan fingerprint density at radius 3 is 2.74 bits per heavy atom. The van der Waals surface area contributed by atoms with E-state index in [0.717, 1.165) is 25.1 Å². The third-order valence-electron chi connectivity index (χ3n) is 3.16. The number of hydrogen-bond acceptors (Lipinski definition) is 3. The molecule has 0 unspecified atom stereocenters. The van der Waals surface area contributed by atoms with Crippen LogP contribution in [-0.4, -0.2) is 25.4 Å². The molecule has 102 valence electrons. The van der Waals surface area contributed by atoms with Crippen molar-refractivity contribution >= 4 is 10.8 Å². The van der Waals surface area contributed by atoms with E-state index in [-0.39, 0.29) is 6.61 Å². The first kappa shape index (κ1) is 13.8. The molecular weight excluding hydrogens is 238 g/mol. The fraction of sp³-hybridized carbons (Fsp3) is 0.375. The van der Waals surface area contributed by atoms with Gasteiger partial charge in [-0.2, -0.15) is 0 Å². The molecule has 19 heavy (non-hydrogen) atoms. The number of aliphatic hydroxyl groups excluding tert-OH is 1. The van der Waals surface area contributed by atoms with Crippen molar-refractivity contribution in [2.24, 2.45) is 0 Å². The first-order valence-corrected chi connectivity index (χ1v) is 6.75. The van der Waals surface area contributed by atoms with Crippen LogP contribution in [0.5, 0.6) is 5.75 Å². The highest BCUT2D eigenvalue weighted by molar-refractivity contribution is 5.87. The Balaban J connectivity index is 2.24. The van der Waals surface area contributed by atoms with Crippen LogP contribution in [0.3, 0.4) is 0 Å². The lowest BCUT2D eigenvalue weighted by Gasteiger charge is -2.14. The van der Waals surface area contributed by atoms with E-state index in [1.807, 2.05) is 19.2 Å². The number of ether oxygens (including phenoxy) is 1. The first-order chi connectivity index (χ1) is 9.36. The van der Waals surface area contributed by atoms with E-state index in [0.29, 0.717) is 6.61 Å². The minimum atomic E-state index is 0.227. The fourth-order valence-corrected chi connectivity index (χ4v) is 2.21. The molecular formula is C16H21NO2. The lowest BCUT2D eigenvalue weighted by atomic mass is 10.0. The minimum absolute atomic E-state index is 0.227. The summed E-state index contributed by atoms with van der Waals surface area (Å²) in [6.45, 7) is 1.66. The van der Waals surface area contributed by atoms with Gasteiger partial charge in [-0.05, 0) is 36.7 Å². The summed E-state index contributed by atoms with van der Waals surface area (Å²) in [7, 11) is 1.94. The summed E-state index contributed by atoms with van der Waals surface area (Å²) in [4.78, 5) is 0. The standard InChI is InChI=1S/C16H21NO2/c1-17-12-15-14-7-3-2-6-13(14)8-9-16(15)19-11-5-4-10-18/h2-3,6-9,17-18H,4-5,10-12H2,1H3. The highest BCUT2D eigenvalue weighted by Crippen LogP contribution is 2.28. The summed E-state index contributed by atoms with van der Waals surface area (Å²) in [6, 6.07) is 12.5. The van der Waals surface area contributed by atoms with E-state index in [4.69, 9.17) is 9.84 Å². The van der Waals surface area contributed by atoms with E-state index in [1.165, 1.54) is 16.3 Å². The Hall–Kier alpha value is -1.58. The van der Waals surface area contributed by atoms with Gasteiger partial charge in [0.25, 0.3) is 0 Å². The van der Waals surface area contributed by atoms with Crippen molar-refractivity contribution in [2.75, 3.05) is 20.3 Å². The van der Waals surface area contributed by atoms with Gasteiger partial charge >= 0.3 is 0 Å². The smallest absolute Gasteiger partial charge is 0.124 e. The SMILES string of the molecule is CNCc1c(OCCCCO)ccc2ccccc12. The van der Waals surface area contributed by atoms with Crippen molar-refractivity contribution in [3.05, 3.63) is 42.0 Å². The van der Waals surface area contributed by atoms with Gasteiger partial charge in [-0.15, -0.1) is 0 Å². The molecule has 0 heterocycles. The zero-order valence-corrected chi connectivity index (χ0v) is 11.4. The Bertz CT molecular complexity index is 525. The molecule has 0 bridgehead atoms. The van der Waals surface area contributed by atoms with E-state index < -0.39 is 0 Å². The molecule has 3 nitrogen and oxygen atoms in total. The minimum Gasteiger partial charge on any atom is -0.493 e. The number of aliphatic hydroxyl groups is 1. The van der Waals surface area contributed by atoms with Crippen LogP contribution in [0, 0.1) is 0 Å². The quantitative estimate of drug-likeness (QED) is 0.751. The van der Waals surface area contributed by atoms with Crippen LogP contribution < -0.4 is 10.1 Å². The average molecular weight is 259 g/mol. The fourth-order valence-electron chi connectivity index (χ4n) is 2.21. The van der Waals surface area contributed by atoms with E-state index in [1.54, 1.807) is 0 Å². The van der Waals surface area contributed by atoms with Crippen molar-refractivity contribution in [3.8, 4) is 5.75 Å². The lowest BCUT2D eigenvalue weighted by molar-refractivity contribution is 0.252. The molecule has 0 spiro atoms. The molecule has 2 aromatic carbocycles. The number of hydrogen-bond donors (Lipinski definition) is 2. The zero-order chi connectivity index (χ0) is 13.5. The number of nitrogens with one attached hydrogen (secondary N) is 1. The molecule has 0 radical (unpaired) electrons. The van der Waals surface area contributed by atoms with E-state index in [2.05, 4.69) is 29.6 Å². The van der Waals surface area contributed by atoms with Gasteiger partial charge in [-0.3, -0.25) is 0 Å². The Morgan fingerprint density at radius 2 is 1.95 bits per heavy atom. The third kappa shape index (κ3) is 3.46. The number of benzene rings is 2. The van der Waals surface area contributed by atoms with Crippen LogP contribution >= 0.6 is 0 Å². The van der Waals surface area contributed by atoms with Gasteiger partial charge in [-0.1, -0.05) is 30.3 Å². The molecule has 0 aliphatic rings. The summed E-state index contributed by atoms with van der Waals surface area (Å²) < 4.78 is 5.85. The van der Waals surface area contributed by atoms with Gasteiger partial charge in [0.05, 0.1) is 6.61 Å². The van der Waals surface area contributed by atoms with Crippen LogP contribution in [-0.2, 0) is 6.54 Å². The van der Waals surface area contributed by atoms with Gasteiger partial charge in [-0.25, -0.2) is 0 Å². The summed E-state index contributed by atoms with van der Waals surface area (Å²) in [6.07, 6.45) is 1.66. The predicted octanol–water partition coefficient (Wildman–Crippen LogP) is 2.71. The van der Waals surface area contributed by atoms with Gasteiger partial charge < -0.3 is 15.2 Å². The van der Waals surface area contributed by atoms with Gasteiger partial charge in [0.1, 0.15) is 5.75 Å². The first-order valence-electron chi connectivity index (χ1n) is 6.75. The second-order valence-corrected chi connectivity index (χ2v) is 4.57. The van der Waals surface area contributed by atoms with Crippen LogP contribution in [0.4, 0.5) is 0 Å². The Morgan fingerprint density at radius 1 is 1.11 bits per heavy atom. The van der Waals surface area contributed by atoms with Crippen LogP contribution in [0.15, 0.2) is 36.4 Å². The summed E-state index contributed by atoms with van der Waals surface area (Å²) in [5.74, 6) is 0.936. The maximum absolute atomic E-state index is 8.78. The molecule has 2 rings (SSSR count). The molecule has 0 fully saturated rings. The van der Waals surface area contributed by atoms with E-state index >= 15 is 0 Å². The average Bonchev–Trinajstić information content (AvgIpc) is 2.45. The highest BCUT2D eigenvalue weighted by Gasteiger charge is 2.07. The molecule has 0 saturated heterocycles. The number of rotatable bonds is 7. The molecule has 3 heteroatoms.